The van der Waals surface area contributed by atoms with Crippen molar-refractivity contribution in [3.63, 3.8) is 0 Å². The van der Waals surface area contributed by atoms with Gasteiger partial charge in [0.25, 0.3) is 0 Å². The summed E-state index contributed by atoms with van der Waals surface area (Å²) in [4.78, 5) is 19.8. The molecule has 0 aliphatic rings. The Hall–Kier alpha value is -2.21. The number of thiophene rings is 1. The van der Waals surface area contributed by atoms with Crippen molar-refractivity contribution in [2.24, 2.45) is 0 Å². The number of rotatable bonds is 2. The summed E-state index contributed by atoms with van der Waals surface area (Å²) < 4.78 is 0.879. The Kier molecular flexibility index (Phi) is 2.38. The lowest BCUT2D eigenvalue weighted by Crippen LogP contribution is -1.95. The number of carboxylic acids is 1. The number of fused-ring (bicyclic) bond motifs is 3. The fourth-order valence-electron chi connectivity index (χ4n) is 1.81. The van der Waals surface area contributed by atoms with E-state index in [0.717, 1.165) is 21.0 Å². The van der Waals surface area contributed by atoms with E-state index in [1.807, 2.05) is 12.1 Å². The van der Waals surface area contributed by atoms with Crippen LogP contribution in [0.3, 0.4) is 0 Å². The molecule has 3 aromatic rings. The summed E-state index contributed by atoms with van der Waals surface area (Å²) in [6.45, 7) is 0. The monoisotopic (exact) mass is 259 g/mol. The minimum atomic E-state index is -0.910. The van der Waals surface area contributed by atoms with E-state index in [4.69, 9.17) is 5.11 Å². The van der Waals surface area contributed by atoms with Crippen LogP contribution in [-0.4, -0.2) is 28.1 Å². The van der Waals surface area contributed by atoms with Crippen molar-refractivity contribution < 1.29 is 9.90 Å². The smallest absolute Gasteiger partial charge is 0.345 e. The van der Waals surface area contributed by atoms with E-state index >= 15 is 0 Å². The maximum Gasteiger partial charge on any atom is 0.345 e. The molecule has 0 spiro atoms. The van der Waals surface area contributed by atoms with Gasteiger partial charge in [-0.3, -0.25) is 0 Å². The number of hydrogen-bond donors (Lipinski definition) is 2. The fraction of sp³-hybridized carbons (Fsp3) is 0.0833. The predicted molar refractivity (Wildman–Crippen MR) is 71.4 cm³/mol. The lowest BCUT2D eigenvalue weighted by Gasteiger charge is -2.01. The largest absolute Gasteiger partial charge is 0.477 e. The van der Waals surface area contributed by atoms with Gasteiger partial charge < -0.3 is 10.4 Å². The summed E-state index contributed by atoms with van der Waals surface area (Å²) in [5.41, 5.74) is 0.782. The van der Waals surface area contributed by atoms with Gasteiger partial charge in [0.05, 0.1) is 10.2 Å². The van der Waals surface area contributed by atoms with Crippen LogP contribution in [0.25, 0.3) is 21.0 Å². The van der Waals surface area contributed by atoms with Crippen molar-refractivity contribution in [2.75, 3.05) is 12.4 Å². The van der Waals surface area contributed by atoms with Crippen LogP contribution in [-0.2, 0) is 0 Å². The van der Waals surface area contributed by atoms with E-state index in [1.165, 1.54) is 11.3 Å². The lowest BCUT2D eigenvalue weighted by molar-refractivity contribution is 0.0702. The number of anilines is 1. The van der Waals surface area contributed by atoms with Gasteiger partial charge in [-0.1, -0.05) is 12.1 Å². The standard InChI is InChI=1S/C12H9N3O2S/c1-13-12-14-5-7-3-2-6-4-8(11(16)17)18-10(6)9(7)15-12/h2-5H,1H3,(H,16,17)(H,13,14,15). The Morgan fingerprint density at radius 2 is 2.17 bits per heavy atom. The number of nitrogens with zero attached hydrogens (tertiary/aromatic N) is 2. The molecule has 0 amide bonds. The number of carbonyl (C=O) groups is 1. The summed E-state index contributed by atoms with van der Waals surface area (Å²) in [5.74, 6) is -0.382. The van der Waals surface area contributed by atoms with Crippen LogP contribution in [0.1, 0.15) is 9.67 Å². The molecule has 90 valence electrons. The third-order valence-electron chi connectivity index (χ3n) is 2.67. The number of nitrogens with one attached hydrogen (secondary N) is 1. The average molecular weight is 259 g/mol. The van der Waals surface area contributed by atoms with Crippen LogP contribution >= 0.6 is 11.3 Å². The van der Waals surface area contributed by atoms with Crippen molar-refractivity contribution in [3.05, 3.63) is 29.3 Å². The first-order chi connectivity index (χ1) is 8.69. The zero-order valence-corrected chi connectivity index (χ0v) is 10.3. The topological polar surface area (TPSA) is 75.1 Å². The Labute approximate surface area is 106 Å². The van der Waals surface area contributed by atoms with E-state index in [0.29, 0.717) is 10.8 Å². The van der Waals surface area contributed by atoms with Gasteiger partial charge in [-0.05, 0) is 11.5 Å². The number of aromatic carboxylic acids is 1. The Morgan fingerprint density at radius 1 is 1.39 bits per heavy atom. The quantitative estimate of drug-likeness (QED) is 0.739. The molecule has 1 aromatic carbocycles. The van der Waals surface area contributed by atoms with Gasteiger partial charge in [-0.15, -0.1) is 11.3 Å². The molecule has 0 fully saturated rings. The summed E-state index contributed by atoms with van der Waals surface area (Å²) in [5, 5.41) is 13.7. The second-order valence-corrected chi connectivity index (χ2v) is 4.83. The molecule has 0 aliphatic carbocycles. The van der Waals surface area contributed by atoms with Gasteiger partial charge in [-0.2, -0.15) is 0 Å². The molecule has 0 atom stereocenters. The molecule has 0 aliphatic heterocycles. The Balaban J connectivity index is 2.39. The van der Waals surface area contributed by atoms with E-state index in [-0.39, 0.29) is 0 Å². The van der Waals surface area contributed by atoms with Crippen LogP contribution < -0.4 is 5.32 Å². The molecule has 18 heavy (non-hydrogen) atoms. The van der Waals surface area contributed by atoms with Crippen molar-refractivity contribution in [1.82, 2.24) is 9.97 Å². The van der Waals surface area contributed by atoms with Gasteiger partial charge in [0.15, 0.2) is 0 Å². The number of aromatic nitrogens is 2. The van der Waals surface area contributed by atoms with Crippen LogP contribution in [0.15, 0.2) is 24.4 Å². The summed E-state index contributed by atoms with van der Waals surface area (Å²) >= 11 is 1.24. The SMILES string of the molecule is CNc1ncc2ccc3cc(C(=O)O)sc3c2n1. The molecular formula is C12H9N3O2S. The van der Waals surface area contributed by atoms with Crippen LogP contribution in [0, 0.1) is 0 Å². The van der Waals surface area contributed by atoms with Gasteiger partial charge in [0.2, 0.25) is 5.95 Å². The molecule has 0 saturated carbocycles. The molecule has 3 rings (SSSR count). The van der Waals surface area contributed by atoms with Gasteiger partial charge in [0.1, 0.15) is 4.88 Å². The van der Waals surface area contributed by atoms with Crippen molar-refractivity contribution in [1.29, 1.82) is 0 Å². The first-order valence-electron chi connectivity index (χ1n) is 5.29. The van der Waals surface area contributed by atoms with E-state index < -0.39 is 5.97 Å². The fourth-order valence-corrected chi connectivity index (χ4v) is 2.81. The molecule has 5 nitrogen and oxygen atoms in total. The van der Waals surface area contributed by atoms with Crippen LogP contribution in [0.5, 0.6) is 0 Å². The molecule has 6 heteroatoms. The molecule has 0 saturated heterocycles. The molecule has 0 radical (unpaired) electrons. The number of carboxylic acid groups (broad SMARTS) is 1. The summed E-state index contributed by atoms with van der Waals surface area (Å²) in [6.07, 6.45) is 1.73. The normalized spacial score (nSPS) is 10.9. The molecule has 0 bridgehead atoms. The Bertz CT molecular complexity index is 766. The van der Waals surface area contributed by atoms with E-state index in [9.17, 15) is 4.79 Å². The summed E-state index contributed by atoms with van der Waals surface area (Å²) in [7, 11) is 1.75. The van der Waals surface area contributed by atoms with Crippen molar-refractivity contribution in [3.8, 4) is 0 Å². The highest BCUT2D eigenvalue weighted by Crippen LogP contribution is 2.31. The molecule has 2 N–H and O–H groups in total. The van der Waals surface area contributed by atoms with Crippen LogP contribution in [0.2, 0.25) is 0 Å². The minimum absolute atomic E-state index is 0.321. The third-order valence-corrected chi connectivity index (χ3v) is 3.82. The highest BCUT2D eigenvalue weighted by atomic mass is 32.1. The lowest BCUT2D eigenvalue weighted by atomic mass is 10.2. The maximum absolute atomic E-state index is 11.0. The second kappa shape index (κ2) is 3.92. The number of hydrogen-bond acceptors (Lipinski definition) is 5. The summed E-state index contributed by atoms with van der Waals surface area (Å²) in [6, 6.07) is 5.46. The van der Waals surface area contributed by atoms with Gasteiger partial charge in [0, 0.05) is 18.6 Å². The highest BCUT2D eigenvalue weighted by molar-refractivity contribution is 7.21. The van der Waals surface area contributed by atoms with E-state index in [2.05, 4.69) is 15.3 Å². The first-order valence-corrected chi connectivity index (χ1v) is 6.11. The second-order valence-electron chi connectivity index (χ2n) is 3.78. The minimum Gasteiger partial charge on any atom is -0.477 e. The van der Waals surface area contributed by atoms with E-state index in [1.54, 1.807) is 19.3 Å². The zero-order valence-electron chi connectivity index (χ0n) is 9.47. The molecule has 2 heterocycles. The number of benzene rings is 1. The molecular weight excluding hydrogens is 250 g/mol. The maximum atomic E-state index is 11.0. The zero-order chi connectivity index (χ0) is 12.7. The molecule has 2 aromatic heterocycles. The van der Waals surface area contributed by atoms with Crippen LogP contribution in [0.4, 0.5) is 5.95 Å². The van der Waals surface area contributed by atoms with Crippen molar-refractivity contribution >= 4 is 44.2 Å². The average Bonchev–Trinajstić information content (AvgIpc) is 2.82. The van der Waals surface area contributed by atoms with Crippen molar-refractivity contribution in [2.45, 2.75) is 0 Å². The third kappa shape index (κ3) is 1.58. The van der Waals surface area contributed by atoms with Gasteiger partial charge in [-0.25, -0.2) is 14.8 Å². The molecule has 0 unspecified atom stereocenters. The first kappa shape index (κ1) is 10.9. The Morgan fingerprint density at radius 3 is 2.89 bits per heavy atom. The highest BCUT2D eigenvalue weighted by Gasteiger charge is 2.11. The predicted octanol–water partition coefficient (Wildman–Crippen LogP) is 2.58. The van der Waals surface area contributed by atoms with Gasteiger partial charge >= 0.3 is 5.97 Å².